The first kappa shape index (κ1) is 15.1. The first-order chi connectivity index (χ1) is 9.31. The molecule has 0 amide bonds. The van der Waals surface area contributed by atoms with Gasteiger partial charge in [-0.1, -0.05) is 25.2 Å². The summed E-state index contributed by atoms with van der Waals surface area (Å²) in [6, 6.07) is 3.35. The highest BCUT2D eigenvalue weighted by Crippen LogP contribution is 2.34. The average Bonchev–Trinajstić information content (AvgIpc) is 2.75. The molecule has 20 heavy (non-hydrogen) atoms. The molecule has 0 saturated carbocycles. The van der Waals surface area contributed by atoms with Gasteiger partial charge in [0.2, 0.25) is 0 Å². The maximum Gasteiger partial charge on any atom is 0.416 e. The number of rotatable bonds is 4. The Morgan fingerprint density at radius 1 is 1.35 bits per heavy atom. The number of alkyl halides is 3. The molecule has 7 heteroatoms. The van der Waals surface area contributed by atoms with E-state index in [4.69, 9.17) is 0 Å². The lowest BCUT2D eigenvalue weighted by molar-refractivity contribution is -0.137. The van der Waals surface area contributed by atoms with Crippen LogP contribution in [0.3, 0.4) is 0 Å². The average molecular weight is 304 g/mol. The first-order valence-corrected chi connectivity index (χ1v) is 6.98. The standard InChI is InChI=1S/C13H15F3N2OS/c1-7(2)10(6-19)18-12-17-9-5-8(13(14,15)16)3-4-11(9)20-12/h3-5,7,10,19H,6H2,1-2H3,(H,17,18)/t10-/m1/s1. The van der Waals surface area contributed by atoms with E-state index in [2.05, 4.69) is 10.3 Å². The van der Waals surface area contributed by atoms with E-state index < -0.39 is 11.7 Å². The quantitative estimate of drug-likeness (QED) is 0.904. The number of nitrogens with zero attached hydrogens (tertiary/aromatic N) is 1. The summed E-state index contributed by atoms with van der Waals surface area (Å²) in [5, 5.41) is 12.8. The maximum absolute atomic E-state index is 12.6. The van der Waals surface area contributed by atoms with Crippen molar-refractivity contribution in [2.45, 2.75) is 26.1 Å². The molecule has 1 heterocycles. The van der Waals surface area contributed by atoms with E-state index in [0.29, 0.717) is 15.3 Å². The molecule has 0 aliphatic heterocycles. The largest absolute Gasteiger partial charge is 0.416 e. The Hall–Kier alpha value is -1.34. The molecule has 0 aliphatic rings. The van der Waals surface area contributed by atoms with Crippen LogP contribution >= 0.6 is 11.3 Å². The predicted octanol–water partition coefficient (Wildman–Crippen LogP) is 3.74. The number of halogens is 3. The number of aliphatic hydroxyl groups is 1. The van der Waals surface area contributed by atoms with Crippen molar-refractivity contribution in [2.24, 2.45) is 5.92 Å². The fourth-order valence-corrected chi connectivity index (χ4v) is 2.66. The minimum Gasteiger partial charge on any atom is -0.394 e. The van der Waals surface area contributed by atoms with Gasteiger partial charge in [-0.3, -0.25) is 0 Å². The van der Waals surface area contributed by atoms with Crippen molar-refractivity contribution in [3.63, 3.8) is 0 Å². The smallest absolute Gasteiger partial charge is 0.394 e. The minimum absolute atomic E-state index is 0.0542. The zero-order valence-corrected chi connectivity index (χ0v) is 11.8. The number of hydrogen-bond donors (Lipinski definition) is 2. The van der Waals surface area contributed by atoms with Gasteiger partial charge in [-0.2, -0.15) is 13.2 Å². The van der Waals surface area contributed by atoms with Crippen molar-refractivity contribution in [2.75, 3.05) is 11.9 Å². The number of benzene rings is 1. The third-order valence-electron chi connectivity index (χ3n) is 3.03. The molecule has 3 nitrogen and oxygen atoms in total. The highest BCUT2D eigenvalue weighted by molar-refractivity contribution is 7.22. The lowest BCUT2D eigenvalue weighted by Gasteiger charge is -2.18. The molecule has 0 bridgehead atoms. The molecule has 0 saturated heterocycles. The Balaban J connectivity index is 2.30. The Kier molecular flexibility index (Phi) is 4.19. The third kappa shape index (κ3) is 3.21. The van der Waals surface area contributed by atoms with Crippen LogP contribution in [0.1, 0.15) is 19.4 Å². The molecule has 0 fully saturated rings. The van der Waals surface area contributed by atoms with Crippen molar-refractivity contribution < 1.29 is 18.3 Å². The van der Waals surface area contributed by atoms with Crippen molar-refractivity contribution in [3.8, 4) is 0 Å². The molecule has 1 aromatic carbocycles. The van der Waals surface area contributed by atoms with Gasteiger partial charge in [0, 0.05) is 0 Å². The molecule has 2 rings (SSSR count). The van der Waals surface area contributed by atoms with Gasteiger partial charge in [0.15, 0.2) is 5.13 Å². The van der Waals surface area contributed by atoms with Gasteiger partial charge in [-0.25, -0.2) is 4.98 Å². The molecular weight excluding hydrogens is 289 g/mol. The summed E-state index contributed by atoms with van der Waals surface area (Å²) in [5.74, 6) is 0.192. The normalized spacial score (nSPS) is 13.9. The fraction of sp³-hybridized carbons (Fsp3) is 0.462. The maximum atomic E-state index is 12.6. The van der Waals surface area contributed by atoms with Crippen LogP contribution in [-0.4, -0.2) is 22.7 Å². The third-order valence-corrected chi connectivity index (χ3v) is 3.99. The highest BCUT2D eigenvalue weighted by atomic mass is 32.1. The Labute approximate surface area is 118 Å². The van der Waals surface area contributed by atoms with Crippen LogP contribution < -0.4 is 5.32 Å². The molecule has 0 radical (unpaired) electrons. The van der Waals surface area contributed by atoms with Crippen molar-refractivity contribution in [3.05, 3.63) is 23.8 Å². The summed E-state index contributed by atoms with van der Waals surface area (Å²) in [5.41, 5.74) is -0.391. The van der Waals surface area contributed by atoms with E-state index in [-0.39, 0.29) is 18.6 Å². The van der Waals surface area contributed by atoms with Crippen LogP contribution in [0.25, 0.3) is 10.2 Å². The second kappa shape index (κ2) is 5.57. The van der Waals surface area contributed by atoms with E-state index in [1.54, 1.807) is 0 Å². The summed E-state index contributed by atoms with van der Waals surface area (Å²) >= 11 is 1.28. The number of nitrogens with one attached hydrogen (secondary N) is 1. The second-order valence-corrected chi connectivity index (χ2v) is 5.91. The van der Waals surface area contributed by atoms with Crippen LogP contribution in [0, 0.1) is 5.92 Å². The first-order valence-electron chi connectivity index (χ1n) is 6.16. The van der Waals surface area contributed by atoms with Gasteiger partial charge in [0.1, 0.15) is 0 Å². The number of fused-ring (bicyclic) bond motifs is 1. The molecular formula is C13H15F3N2OS. The van der Waals surface area contributed by atoms with Gasteiger partial charge in [-0.05, 0) is 24.1 Å². The summed E-state index contributed by atoms with van der Waals surface area (Å²) in [7, 11) is 0. The van der Waals surface area contributed by atoms with Gasteiger partial charge < -0.3 is 10.4 Å². The topological polar surface area (TPSA) is 45.1 Å². The summed E-state index contributed by atoms with van der Waals surface area (Å²) in [6.07, 6.45) is -4.36. The number of aliphatic hydroxyl groups excluding tert-OH is 1. The predicted molar refractivity (Wildman–Crippen MR) is 74.0 cm³/mol. The van der Waals surface area contributed by atoms with Gasteiger partial charge >= 0.3 is 6.18 Å². The SMILES string of the molecule is CC(C)[C@@H](CO)Nc1nc2cc(C(F)(F)F)ccc2s1. The Morgan fingerprint density at radius 2 is 2.05 bits per heavy atom. The van der Waals surface area contributed by atoms with Crippen LogP contribution in [-0.2, 0) is 6.18 Å². The van der Waals surface area contributed by atoms with Crippen LogP contribution in [0.15, 0.2) is 18.2 Å². The van der Waals surface area contributed by atoms with Gasteiger partial charge in [-0.15, -0.1) is 0 Å². The molecule has 0 aliphatic carbocycles. The van der Waals surface area contributed by atoms with Gasteiger partial charge in [0.25, 0.3) is 0 Å². The number of hydrogen-bond acceptors (Lipinski definition) is 4. The fourth-order valence-electron chi connectivity index (χ4n) is 1.75. The second-order valence-electron chi connectivity index (χ2n) is 4.88. The zero-order chi connectivity index (χ0) is 14.9. The molecule has 110 valence electrons. The van der Waals surface area contributed by atoms with E-state index in [9.17, 15) is 18.3 Å². The molecule has 1 atom stereocenters. The van der Waals surface area contributed by atoms with E-state index in [1.807, 2.05) is 13.8 Å². The number of thiazole rings is 1. The Morgan fingerprint density at radius 3 is 2.60 bits per heavy atom. The molecule has 0 unspecified atom stereocenters. The molecule has 0 spiro atoms. The monoisotopic (exact) mass is 304 g/mol. The zero-order valence-electron chi connectivity index (χ0n) is 11.0. The summed E-state index contributed by atoms with van der Waals surface area (Å²) < 4.78 is 38.5. The van der Waals surface area contributed by atoms with E-state index in [1.165, 1.54) is 17.4 Å². The van der Waals surface area contributed by atoms with E-state index in [0.717, 1.165) is 12.1 Å². The van der Waals surface area contributed by atoms with Crippen LogP contribution in [0.4, 0.5) is 18.3 Å². The molecule has 2 aromatic rings. The van der Waals surface area contributed by atoms with Crippen molar-refractivity contribution in [1.82, 2.24) is 4.98 Å². The minimum atomic E-state index is -4.36. The number of anilines is 1. The highest BCUT2D eigenvalue weighted by Gasteiger charge is 2.30. The van der Waals surface area contributed by atoms with Gasteiger partial charge in [0.05, 0.1) is 28.4 Å². The molecule has 1 aromatic heterocycles. The summed E-state index contributed by atoms with van der Waals surface area (Å²) in [6.45, 7) is 3.84. The van der Waals surface area contributed by atoms with Crippen molar-refractivity contribution >= 4 is 26.7 Å². The lowest BCUT2D eigenvalue weighted by atomic mass is 10.1. The lowest BCUT2D eigenvalue weighted by Crippen LogP contribution is -2.29. The summed E-state index contributed by atoms with van der Waals surface area (Å²) in [4.78, 5) is 4.15. The van der Waals surface area contributed by atoms with Crippen molar-refractivity contribution in [1.29, 1.82) is 0 Å². The number of aromatic nitrogens is 1. The van der Waals surface area contributed by atoms with E-state index >= 15 is 0 Å². The molecule has 2 N–H and O–H groups in total. The van der Waals surface area contributed by atoms with Crippen LogP contribution in [0.5, 0.6) is 0 Å². The van der Waals surface area contributed by atoms with Crippen LogP contribution in [0.2, 0.25) is 0 Å². The Bertz CT molecular complexity index is 595.